The van der Waals surface area contributed by atoms with E-state index < -0.39 is 17.4 Å². The van der Waals surface area contributed by atoms with Crippen molar-refractivity contribution in [3.05, 3.63) is 92.9 Å². The quantitative estimate of drug-likeness (QED) is 0.234. The number of esters is 1. The molecule has 3 aliphatic rings. The zero-order valence-corrected chi connectivity index (χ0v) is 25.5. The van der Waals surface area contributed by atoms with Crippen molar-refractivity contribution < 1.29 is 18.7 Å². The van der Waals surface area contributed by atoms with Gasteiger partial charge in [-0.2, -0.15) is 0 Å². The number of nitrogens with one attached hydrogen (secondary N) is 1. The topological polar surface area (TPSA) is 76.5 Å². The number of anilines is 1. The number of rotatable bonds is 6. The van der Waals surface area contributed by atoms with Gasteiger partial charge in [-0.15, -0.1) is 0 Å². The number of methoxy groups -OCH3 is 1. The molecule has 1 saturated heterocycles. The SMILES string of the molecule is COC(=O)c1ccc2c(c1)nc1n2C[C@H]2[C@@H]1[C@H](c1cccc(Br)c1F)[C@](C)(C(=O)Nc1cccc(Cl)c1)N2CC1CC1. The molecule has 0 spiro atoms. The van der Waals surface area contributed by atoms with Crippen LogP contribution in [0.4, 0.5) is 10.1 Å². The smallest absolute Gasteiger partial charge is 0.337 e. The number of imidazole rings is 1. The van der Waals surface area contributed by atoms with E-state index in [1.165, 1.54) is 7.11 Å². The number of hydrogen-bond acceptors (Lipinski definition) is 5. The summed E-state index contributed by atoms with van der Waals surface area (Å²) in [7, 11) is 1.35. The van der Waals surface area contributed by atoms with Crippen molar-refractivity contribution in [3.63, 3.8) is 0 Å². The van der Waals surface area contributed by atoms with E-state index in [9.17, 15) is 9.59 Å². The molecular weight excluding hydrogens is 623 g/mol. The second-order valence-electron chi connectivity index (χ2n) is 11.7. The van der Waals surface area contributed by atoms with Gasteiger partial charge in [0.1, 0.15) is 17.2 Å². The number of amides is 1. The monoisotopic (exact) mass is 650 g/mol. The number of hydrogen-bond donors (Lipinski definition) is 1. The second-order valence-corrected chi connectivity index (χ2v) is 13.0. The first-order chi connectivity index (χ1) is 20.2. The number of likely N-dealkylation sites (tertiary alicyclic amines) is 1. The van der Waals surface area contributed by atoms with Crippen LogP contribution >= 0.6 is 27.5 Å². The van der Waals surface area contributed by atoms with Gasteiger partial charge in [-0.1, -0.05) is 29.8 Å². The van der Waals surface area contributed by atoms with Crippen LogP contribution in [-0.2, 0) is 16.1 Å². The van der Waals surface area contributed by atoms with Crippen LogP contribution in [-0.4, -0.2) is 51.6 Å². The normalized spacial score (nSPS) is 24.9. The molecule has 0 radical (unpaired) electrons. The van der Waals surface area contributed by atoms with Gasteiger partial charge in [0.2, 0.25) is 5.91 Å². The van der Waals surface area contributed by atoms with Crippen LogP contribution in [0, 0.1) is 11.7 Å². The fraction of sp³-hybridized carbons (Fsp3) is 0.344. The molecule has 7 nitrogen and oxygen atoms in total. The Balaban J connectivity index is 1.40. The number of fused-ring (bicyclic) bond motifs is 5. The average molecular weight is 652 g/mol. The van der Waals surface area contributed by atoms with E-state index >= 15 is 4.39 Å². The van der Waals surface area contributed by atoms with E-state index in [0.29, 0.717) is 44.3 Å². The molecule has 1 aromatic heterocycles. The van der Waals surface area contributed by atoms with E-state index in [1.54, 1.807) is 48.5 Å². The lowest BCUT2D eigenvalue weighted by molar-refractivity contribution is -0.127. The summed E-state index contributed by atoms with van der Waals surface area (Å²) in [6.07, 6.45) is 2.22. The van der Waals surface area contributed by atoms with Crippen LogP contribution in [0.25, 0.3) is 11.0 Å². The van der Waals surface area contributed by atoms with Gasteiger partial charge < -0.3 is 14.6 Å². The van der Waals surface area contributed by atoms with E-state index in [1.807, 2.05) is 19.1 Å². The molecule has 3 aromatic carbocycles. The van der Waals surface area contributed by atoms with E-state index in [4.69, 9.17) is 21.3 Å². The highest BCUT2D eigenvalue weighted by Crippen LogP contribution is 2.58. The highest BCUT2D eigenvalue weighted by molar-refractivity contribution is 9.10. The van der Waals surface area contributed by atoms with Crippen LogP contribution < -0.4 is 5.32 Å². The average Bonchev–Trinajstić information content (AvgIpc) is 3.57. The van der Waals surface area contributed by atoms with Crippen molar-refractivity contribution in [2.75, 3.05) is 19.0 Å². The number of halogens is 3. The van der Waals surface area contributed by atoms with Crippen molar-refractivity contribution in [1.29, 1.82) is 0 Å². The van der Waals surface area contributed by atoms with Gasteiger partial charge in [0, 0.05) is 41.7 Å². The van der Waals surface area contributed by atoms with Gasteiger partial charge in [-0.3, -0.25) is 9.69 Å². The molecule has 10 heteroatoms. The highest BCUT2D eigenvalue weighted by atomic mass is 79.9. The highest BCUT2D eigenvalue weighted by Gasteiger charge is 2.64. The predicted octanol–water partition coefficient (Wildman–Crippen LogP) is 6.75. The summed E-state index contributed by atoms with van der Waals surface area (Å²) in [6.45, 7) is 3.29. The summed E-state index contributed by atoms with van der Waals surface area (Å²) < 4.78 is 23.5. The Hall–Kier alpha value is -3.27. The lowest BCUT2D eigenvalue weighted by Crippen LogP contribution is -2.56. The zero-order valence-electron chi connectivity index (χ0n) is 23.1. The summed E-state index contributed by atoms with van der Waals surface area (Å²) in [5, 5.41) is 3.63. The molecule has 7 rings (SSSR count). The second kappa shape index (κ2) is 10.2. The molecule has 1 amide bonds. The standard InChI is InChI=1S/C32H29BrClFN4O3/c1-32(31(41)36-20-6-3-5-19(34)14-20)27(21-7-4-8-22(33)28(21)35)26-25(39(32)15-17-9-10-17)16-38-24-12-11-18(30(40)42-2)13-23(24)37-29(26)38/h3-8,11-14,17,25-27H,9-10,15-16H2,1-2H3,(H,36,41)/t25-,26+,27-,32+/m0/s1. The van der Waals surface area contributed by atoms with Gasteiger partial charge >= 0.3 is 5.97 Å². The van der Waals surface area contributed by atoms with Crippen LogP contribution in [0.1, 0.15) is 53.3 Å². The molecule has 4 aromatic rings. The van der Waals surface area contributed by atoms with E-state index in [2.05, 4.69) is 30.7 Å². The molecule has 3 heterocycles. The molecular formula is C32H29BrClFN4O3. The molecule has 2 aliphatic heterocycles. The molecule has 2 fully saturated rings. The summed E-state index contributed by atoms with van der Waals surface area (Å²) in [5.74, 6) is -0.547. The summed E-state index contributed by atoms with van der Waals surface area (Å²) in [6, 6.07) is 17.7. The molecule has 1 aliphatic carbocycles. The van der Waals surface area contributed by atoms with E-state index in [-0.39, 0.29) is 23.7 Å². The molecule has 216 valence electrons. The maximum absolute atomic E-state index is 16.1. The maximum Gasteiger partial charge on any atom is 0.337 e. The fourth-order valence-electron chi connectivity index (χ4n) is 7.10. The Morgan fingerprint density at radius 2 is 1.95 bits per heavy atom. The number of nitrogens with zero attached hydrogens (tertiary/aromatic N) is 3. The zero-order chi connectivity index (χ0) is 29.3. The number of benzene rings is 3. The number of carbonyl (C=O) groups is 2. The molecule has 0 bridgehead atoms. The lowest BCUT2D eigenvalue weighted by Gasteiger charge is -2.40. The minimum atomic E-state index is -1.09. The van der Waals surface area contributed by atoms with Gasteiger partial charge in [-0.05, 0) is 89.6 Å². The minimum absolute atomic E-state index is 0.0729. The first-order valence-corrected chi connectivity index (χ1v) is 15.2. The minimum Gasteiger partial charge on any atom is -0.465 e. The predicted molar refractivity (Wildman–Crippen MR) is 162 cm³/mol. The van der Waals surface area contributed by atoms with Gasteiger partial charge in [0.05, 0.1) is 28.2 Å². The molecule has 42 heavy (non-hydrogen) atoms. The van der Waals surface area contributed by atoms with E-state index in [0.717, 1.165) is 30.7 Å². The Morgan fingerprint density at radius 1 is 1.17 bits per heavy atom. The van der Waals surface area contributed by atoms with Gasteiger partial charge in [0.15, 0.2) is 0 Å². The molecule has 1 saturated carbocycles. The van der Waals surface area contributed by atoms with Crippen molar-refractivity contribution in [1.82, 2.24) is 14.5 Å². The Bertz CT molecular complexity index is 1760. The van der Waals surface area contributed by atoms with Crippen LogP contribution in [0.5, 0.6) is 0 Å². The molecule has 0 unspecified atom stereocenters. The van der Waals surface area contributed by atoms with Crippen LogP contribution in [0.3, 0.4) is 0 Å². The fourth-order valence-corrected chi connectivity index (χ4v) is 7.68. The Kier molecular flexibility index (Phi) is 6.68. The lowest BCUT2D eigenvalue weighted by atomic mass is 9.74. The number of carbonyl (C=O) groups excluding carboxylic acids is 2. The van der Waals surface area contributed by atoms with Crippen LogP contribution in [0.2, 0.25) is 5.02 Å². The molecule has 4 atom stereocenters. The maximum atomic E-state index is 16.1. The largest absolute Gasteiger partial charge is 0.465 e. The number of ether oxygens (including phenoxy) is 1. The van der Waals surface area contributed by atoms with Crippen molar-refractivity contribution >= 4 is 56.1 Å². The first-order valence-electron chi connectivity index (χ1n) is 14.1. The molecule has 1 N–H and O–H groups in total. The van der Waals surface area contributed by atoms with Crippen molar-refractivity contribution in [3.8, 4) is 0 Å². The third-order valence-electron chi connectivity index (χ3n) is 9.25. The number of aromatic nitrogens is 2. The van der Waals surface area contributed by atoms with Gasteiger partial charge in [0.25, 0.3) is 0 Å². The third-order valence-corrected chi connectivity index (χ3v) is 10.1. The summed E-state index contributed by atoms with van der Waals surface area (Å²) in [5.41, 5.74) is 1.95. The van der Waals surface area contributed by atoms with Crippen LogP contribution in [0.15, 0.2) is 65.1 Å². The first kappa shape index (κ1) is 27.6. The third kappa shape index (κ3) is 4.28. The van der Waals surface area contributed by atoms with Crippen molar-refractivity contribution in [2.45, 2.75) is 49.7 Å². The Labute approximate surface area is 256 Å². The summed E-state index contributed by atoms with van der Waals surface area (Å²) >= 11 is 9.63. The summed E-state index contributed by atoms with van der Waals surface area (Å²) in [4.78, 5) is 34.1. The van der Waals surface area contributed by atoms with Crippen molar-refractivity contribution in [2.24, 2.45) is 5.92 Å². The Morgan fingerprint density at radius 3 is 2.69 bits per heavy atom. The van der Waals surface area contributed by atoms with Gasteiger partial charge in [-0.25, -0.2) is 14.2 Å².